The number of hydrogen-bond acceptors (Lipinski definition) is 4. The van der Waals surface area contributed by atoms with Crippen molar-refractivity contribution >= 4 is 32.2 Å². The van der Waals surface area contributed by atoms with E-state index < -0.39 is 12.0 Å². The van der Waals surface area contributed by atoms with Gasteiger partial charge >= 0.3 is 6.18 Å². The Morgan fingerprint density at radius 3 is 2.58 bits per heavy atom. The maximum atomic E-state index is 12.7. The van der Waals surface area contributed by atoms with E-state index in [1.54, 1.807) is 18.2 Å². The largest absolute Gasteiger partial charge is 0.453 e. The van der Waals surface area contributed by atoms with Gasteiger partial charge in [-0.3, -0.25) is 0 Å². The Morgan fingerprint density at radius 2 is 1.89 bits per heavy atom. The molecule has 0 aliphatic rings. The van der Waals surface area contributed by atoms with E-state index in [-0.39, 0.29) is 4.96 Å². The molecule has 0 N–H and O–H groups in total. The number of aromatic nitrogens is 4. The van der Waals surface area contributed by atoms with Crippen LogP contribution in [0.3, 0.4) is 0 Å². The molecule has 3 aromatic rings. The normalized spacial score (nSPS) is 12.2. The van der Waals surface area contributed by atoms with Crippen molar-refractivity contribution in [2.24, 2.45) is 0 Å². The predicted octanol–water partition coefficient (Wildman–Crippen LogP) is 3.63. The van der Waals surface area contributed by atoms with Gasteiger partial charge in [0, 0.05) is 10.0 Å². The number of nitrogens with zero attached hydrogens (tertiary/aromatic N) is 4. The topological polar surface area (TPSA) is 43.1 Å². The van der Waals surface area contributed by atoms with Gasteiger partial charge in [0.05, 0.1) is 0 Å². The second kappa shape index (κ2) is 4.27. The van der Waals surface area contributed by atoms with Gasteiger partial charge in [-0.15, -0.1) is 10.2 Å². The summed E-state index contributed by atoms with van der Waals surface area (Å²) in [5.41, 5.74) is 0.714. The molecule has 0 bridgehead atoms. The van der Waals surface area contributed by atoms with Gasteiger partial charge in [0.25, 0.3) is 5.82 Å². The average Bonchev–Trinajstić information content (AvgIpc) is 2.86. The minimum absolute atomic E-state index is 0.109. The second-order valence-corrected chi connectivity index (χ2v) is 5.41. The second-order valence-electron chi connectivity index (χ2n) is 3.60. The summed E-state index contributed by atoms with van der Waals surface area (Å²) in [6.45, 7) is 0. The first-order valence-corrected chi connectivity index (χ1v) is 6.62. The van der Waals surface area contributed by atoms with Gasteiger partial charge in [-0.05, 0) is 6.07 Å². The lowest BCUT2D eigenvalue weighted by atomic mass is 10.2. The molecule has 0 saturated carbocycles. The Kier molecular flexibility index (Phi) is 2.82. The molecule has 0 aliphatic heterocycles. The molecular formula is C10H4BrF3N4S. The van der Waals surface area contributed by atoms with E-state index in [2.05, 4.69) is 31.2 Å². The van der Waals surface area contributed by atoms with Crippen molar-refractivity contribution in [2.45, 2.75) is 6.18 Å². The molecule has 0 amide bonds. The lowest BCUT2D eigenvalue weighted by Gasteiger charge is -2.01. The van der Waals surface area contributed by atoms with Gasteiger partial charge in [-0.25, -0.2) is 0 Å². The molecule has 0 atom stereocenters. The number of fused-ring (bicyclic) bond motifs is 1. The Balaban J connectivity index is 2.18. The highest BCUT2D eigenvalue weighted by Gasteiger charge is 2.38. The minimum Gasteiger partial charge on any atom is -0.178 e. The van der Waals surface area contributed by atoms with Crippen LogP contribution < -0.4 is 0 Å². The monoisotopic (exact) mass is 348 g/mol. The summed E-state index contributed by atoms with van der Waals surface area (Å²) in [4.78, 5) is 0.109. The fourth-order valence-corrected chi connectivity index (χ4v) is 3.02. The van der Waals surface area contributed by atoms with Gasteiger partial charge in [0.2, 0.25) is 4.96 Å². The Bertz CT molecular complexity index is 749. The molecular weight excluding hydrogens is 345 g/mol. The molecule has 98 valence electrons. The molecule has 1 aromatic carbocycles. The summed E-state index contributed by atoms with van der Waals surface area (Å²) < 4.78 is 39.5. The highest BCUT2D eigenvalue weighted by atomic mass is 79.9. The Morgan fingerprint density at radius 1 is 1.16 bits per heavy atom. The summed E-state index contributed by atoms with van der Waals surface area (Å²) in [7, 11) is 0. The molecule has 2 aromatic heterocycles. The van der Waals surface area contributed by atoms with E-state index in [9.17, 15) is 13.2 Å². The van der Waals surface area contributed by atoms with E-state index in [1.165, 1.54) is 0 Å². The van der Waals surface area contributed by atoms with Crippen LogP contribution in [0.4, 0.5) is 13.2 Å². The van der Waals surface area contributed by atoms with Crippen molar-refractivity contribution in [3.05, 3.63) is 34.6 Å². The van der Waals surface area contributed by atoms with Gasteiger partial charge in [-0.2, -0.15) is 22.8 Å². The van der Waals surface area contributed by atoms with E-state index in [1.807, 2.05) is 6.07 Å². The van der Waals surface area contributed by atoms with Crippen LogP contribution in [0.25, 0.3) is 15.5 Å². The maximum absolute atomic E-state index is 12.7. The summed E-state index contributed by atoms with van der Waals surface area (Å²) in [5, 5.41) is 11.0. The number of alkyl halides is 3. The van der Waals surface area contributed by atoms with Crippen LogP contribution in [-0.2, 0) is 6.18 Å². The zero-order valence-electron chi connectivity index (χ0n) is 9.02. The third-order valence-corrected chi connectivity index (χ3v) is 3.97. The van der Waals surface area contributed by atoms with Crippen molar-refractivity contribution < 1.29 is 13.2 Å². The van der Waals surface area contributed by atoms with Crippen LogP contribution in [0, 0.1) is 0 Å². The summed E-state index contributed by atoms with van der Waals surface area (Å²) in [6, 6.07) is 7.16. The molecule has 0 spiro atoms. The standard InChI is InChI=1S/C10H4BrF3N4S/c11-6-4-2-1-3-5(6)7-17-18-8(10(12,13)14)15-16-9(18)19-7/h1-4H. The van der Waals surface area contributed by atoms with Crippen LogP contribution >= 0.6 is 27.3 Å². The summed E-state index contributed by atoms with van der Waals surface area (Å²) in [6.07, 6.45) is -4.57. The van der Waals surface area contributed by atoms with Gasteiger partial charge in [0.1, 0.15) is 5.01 Å². The average molecular weight is 349 g/mol. The lowest BCUT2D eigenvalue weighted by Crippen LogP contribution is -2.11. The van der Waals surface area contributed by atoms with E-state index in [0.717, 1.165) is 20.3 Å². The molecule has 0 unspecified atom stereocenters. The van der Waals surface area contributed by atoms with E-state index >= 15 is 0 Å². The third kappa shape index (κ3) is 2.12. The molecule has 0 radical (unpaired) electrons. The van der Waals surface area contributed by atoms with Gasteiger partial charge in [0.15, 0.2) is 0 Å². The molecule has 4 nitrogen and oxygen atoms in total. The smallest absolute Gasteiger partial charge is 0.178 e. The number of halogens is 4. The van der Waals surface area contributed by atoms with Crippen molar-refractivity contribution in [3.8, 4) is 10.6 Å². The van der Waals surface area contributed by atoms with Crippen LogP contribution in [0.2, 0.25) is 0 Å². The van der Waals surface area contributed by atoms with E-state index in [0.29, 0.717) is 10.6 Å². The first-order chi connectivity index (χ1) is 8.97. The molecule has 19 heavy (non-hydrogen) atoms. The minimum atomic E-state index is -4.57. The predicted molar refractivity (Wildman–Crippen MR) is 66.8 cm³/mol. The zero-order valence-corrected chi connectivity index (χ0v) is 11.4. The highest BCUT2D eigenvalue weighted by Crippen LogP contribution is 2.34. The molecule has 0 aliphatic carbocycles. The molecule has 0 fully saturated rings. The van der Waals surface area contributed by atoms with Gasteiger partial charge in [-0.1, -0.05) is 45.5 Å². The van der Waals surface area contributed by atoms with Crippen LogP contribution in [-0.4, -0.2) is 19.8 Å². The molecule has 2 heterocycles. The van der Waals surface area contributed by atoms with Crippen molar-refractivity contribution in [1.82, 2.24) is 19.8 Å². The summed E-state index contributed by atoms with van der Waals surface area (Å²) in [5.74, 6) is -1.11. The third-order valence-electron chi connectivity index (χ3n) is 2.35. The quantitative estimate of drug-likeness (QED) is 0.674. The molecule has 0 saturated heterocycles. The van der Waals surface area contributed by atoms with Crippen LogP contribution in [0.15, 0.2) is 28.7 Å². The Hall–Kier alpha value is -1.48. The SMILES string of the molecule is FC(F)(F)c1nnc2sc(-c3ccccc3Br)nn12. The maximum Gasteiger partial charge on any atom is 0.453 e. The fraction of sp³-hybridized carbons (Fsp3) is 0.100. The number of benzene rings is 1. The van der Waals surface area contributed by atoms with E-state index in [4.69, 9.17) is 0 Å². The summed E-state index contributed by atoms with van der Waals surface area (Å²) >= 11 is 4.39. The van der Waals surface area contributed by atoms with Crippen molar-refractivity contribution in [2.75, 3.05) is 0 Å². The van der Waals surface area contributed by atoms with Crippen molar-refractivity contribution in [3.63, 3.8) is 0 Å². The zero-order chi connectivity index (χ0) is 13.6. The number of hydrogen-bond donors (Lipinski definition) is 0. The fourth-order valence-electron chi connectivity index (χ4n) is 1.54. The highest BCUT2D eigenvalue weighted by molar-refractivity contribution is 9.10. The first-order valence-electron chi connectivity index (χ1n) is 5.01. The molecule has 3 rings (SSSR count). The van der Waals surface area contributed by atoms with Crippen molar-refractivity contribution in [1.29, 1.82) is 0 Å². The first kappa shape index (κ1) is 12.5. The van der Waals surface area contributed by atoms with Crippen LogP contribution in [0.1, 0.15) is 5.82 Å². The van der Waals surface area contributed by atoms with Crippen LogP contribution in [0.5, 0.6) is 0 Å². The number of rotatable bonds is 1. The van der Waals surface area contributed by atoms with Gasteiger partial charge < -0.3 is 0 Å². The molecule has 9 heteroatoms. The Labute approximate surface area is 117 Å². The lowest BCUT2D eigenvalue weighted by molar-refractivity contribution is -0.146.